The molecule has 0 unspecified atom stereocenters. The quantitative estimate of drug-likeness (QED) is 0.840. The average molecular weight is 349 g/mol. The molecule has 5 nitrogen and oxygen atoms in total. The van der Waals surface area contributed by atoms with Crippen LogP contribution in [0.5, 0.6) is 0 Å². The van der Waals surface area contributed by atoms with Gasteiger partial charge in [-0.3, -0.25) is 4.79 Å². The van der Waals surface area contributed by atoms with Crippen molar-refractivity contribution in [2.24, 2.45) is 0 Å². The number of nitrogens with one attached hydrogen (secondary N) is 1. The molecule has 2 aromatic heterocycles. The number of hydrogen-bond donors (Lipinski definition) is 1. The molecule has 0 atom stereocenters. The summed E-state index contributed by atoms with van der Waals surface area (Å²) in [6.45, 7) is 0.306. The largest absolute Gasteiger partial charge is 0.350 e. The van der Waals surface area contributed by atoms with Gasteiger partial charge in [-0.25, -0.2) is 17.8 Å². The van der Waals surface area contributed by atoms with Crippen molar-refractivity contribution >= 4 is 37.0 Å². The number of rotatable bonds is 5. The minimum Gasteiger partial charge on any atom is -0.350 e. The first-order valence-electron chi connectivity index (χ1n) is 5.79. The molecule has 2 rings (SSSR count). The van der Waals surface area contributed by atoms with Crippen molar-refractivity contribution in [2.45, 2.75) is 10.6 Å². The van der Waals surface area contributed by atoms with Crippen molar-refractivity contribution in [3.63, 3.8) is 0 Å². The Kier molecular flexibility index (Phi) is 4.92. The summed E-state index contributed by atoms with van der Waals surface area (Å²) in [4.78, 5) is 16.1. The van der Waals surface area contributed by atoms with Crippen molar-refractivity contribution in [1.29, 1.82) is 0 Å². The van der Waals surface area contributed by atoms with E-state index in [1.165, 1.54) is 12.1 Å². The maximum Gasteiger partial charge on any atom is 0.270 e. The summed E-state index contributed by atoms with van der Waals surface area (Å²) in [5.74, 6) is -0.934. The number of amides is 1. The summed E-state index contributed by atoms with van der Waals surface area (Å²) in [5, 5.41) is 2.62. The maximum atomic E-state index is 12.7. The first-order chi connectivity index (χ1) is 9.86. The van der Waals surface area contributed by atoms with Gasteiger partial charge in [0.1, 0.15) is 15.7 Å². The lowest BCUT2D eigenvalue weighted by molar-refractivity contribution is 0.0949. The van der Waals surface area contributed by atoms with Crippen LogP contribution >= 0.6 is 22.0 Å². The molecule has 0 aliphatic rings. The first-order valence-corrected chi connectivity index (χ1v) is 8.92. The van der Waals surface area contributed by atoms with Gasteiger partial charge in [0, 0.05) is 22.1 Å². The topological polar surface area (TPSA) is 76.1 Å². The molecule has 0 bridgehead atoms. The molecule has 9 heteroatoms. The predicted molar refractivity (Wildman–Crippen MR) is 77.6 cm³/mol. The zero-order chi connectivity index (χ0) is 15.5. The number of aromatic nitrogens is 1. The third kappa shape index (κ3) is 4.48. The van der Waals surface area contributed by atoms with Crippen LogP contribution in [0.15, 0.2) is 34.7 Å². The first kappa shape index (κ1) is 15.9. The summed E-state index contributed by atoms with van der Waals surface area (Å²) in [7, 11) is 1.51. The van der Waals surface area contributed by atoms with E-state index < -0.39 is 20.8 Å². The maximum absolute atomic E-state index is 12.7. The third-order valence-corrected chi connectivity index (χ3v) is 5.73. The number of hydrogen-bond acceptors (Lipinski definition) is 5. The van der Waals surface area contributed by atoms with Gasteiger partial charge in [-0.05, 0) is 30.7 Å². The van der Waals surface area contributed by atoms with Crippen molar-refractivity contribution in [1.82, 2.24) is 10.3 Å². The van der Waals surface area contributed by atoms with E-state index in [0.717, 1.165) is 28.5 Å². The lowest BCUT2D eigenvalue weighted by atomic mass is 10.3. The van der Waals surface area contributed by atoms with E-state index >= 15 is 0 Å². The highest BCUT2D eigenvalue weighted by molar-refractivity contribution is 8.15. The van der Waals surface area contributed by atoms with Crippen LogP contribution in [0.4, 0.5) is 4.39 Å². The van der Waals surface area contributed by atoms with Crippen LogP contribution < -0.4 is 5.32 Å². The van der Waals surface area contributed by atoms with Gasteiger partial charge in [-0.1, -0.05) is 0 Å². The number of thiophene rings is 1. The Morgan fingerprint density at radius 1 is 1.33 bits per heavy atom. The average Bonchev–Trinajstić information content (AvgIpc) is 2.88. The Bertz CT molecular complexity index is 744. The third-order valence-electron chi connectivity index (χ3n) is 2.49. The summed E-state index contributed by atoms with van der Waals surface area (Å²) in [5.41, 5.74) is 0.117. The molecular formula is C12H10ClFN2O3S2. The molecule has 0 radical (unpaired) electrons. The fourth-order valence-electron chi connectivity index (χ4n) is 1.52. The zero-order valence-corrected chi connectivity index (χ0v) is 12.9. The second kappa shape index (κ2) is 6.50. The van der Waals surface area contributed by atoms with Gasteiger partial charge in [0.25, 0.3) is 15.0 Å². The summed E-state index contributed by atoms with van der Waals surface area (Å²) in [6, 6.07) is 5.50. The fraction of sp³-hybridized carbons (Fsp3) is 0.167. The van der Waals surface area contributed by atoms with Crippen LogP contribution in [0.3, 0.4) is 0 Å². The second-order valence-corrected chi connectivity index (χ2v) is 7.99. The van der Waals surface area contributed by atoms with Gasteiger partial charge in [0.05, 0.1) is 6.20 Å². The fourth-order valence-corrected chi connectivity index (χ4v) is 3.65. The molecule has 0 spiro atoms. The van der Waals surface area contributed by atoms with Crippen molar-refractivity contribution < 1.29 is 17.6 Å². The van der Waals surface area contributed by atoms with E-state index in [4.69, 9.17) is 10.7 Å². The summed E-state index contributed by atoms with van der Waals surface area (Å²) in [6.07, 6.45) is 1.43. The van der Waals surface area contributed by atoms with Crippen LogP contribution in [0.2, 0.25) is 0 Å². The van der Waals surface area contributed by atoms with Crippen LogP contribution in [0.25, 0.3) is 0 Å². The Hall–Kier alpha value is -1.51. The highest BCUT2D eigenvalue weighted by Crippen LogP contribution is 2.24. The smallest absolute Gasteiger partial charge is 0.270 e. The van der Waals surface area contributed by atoms with Crippen molar-refractivity contribution in [2.75, 3.05) is 6.54 Å². The summed E-state index contributed by atoms with van der Waals surface area (Å²) < 4.78 is 35.0. The Morgan fingerprint density at radius 2 is 2.10 bits per heavy atom. The predicted octanol–water partition coefficient (Wildman–Crippen LogP) is 2.18. The number of pyridine rings is 1. The van der Waals surface area contributed by atoms with Crippen LogP contribution in [0, 0.1) is 5.82 Å². The molecule has 0 aliphatic carbocycles. The van der Waals surface area contributed by atoms with Crippen LogP contribution in [0.1, 0.15) is 15.4 Å². The van der Waals surface area contributed by atoms with Gasteiger partial charge >= 0.3 is 0 Å². The molecule has 1 N–H and O–H groups in total. The van der Waals surface area contributed by atoms with E-state index in [-0.39, 0.29) is 9.90 Å². The number of carbonyl (C=O) groups is 1. The van der Waals surface area contributed by atoms with Gasteiger partial charge in [-0.2, -0.15) is 0 Å². The van der Waals surface area contributed by atoms with E-state index in [2.05, 4.69) is 10.3 Å². The van der Waals surface area contributed by atoms with E-state index in [0.29, 0.717) is 13.0 Å². The zero-order valence-electron chi connectivity index (χ0n) is 10.5. The normalized spacial score (nSPS) is 11.3. The lowest BCUT2D eigenvalue weighted by Crippen LogP contribution is -2.26. The van der Waals surface area contributed by atoms with E-state index in [9.17, 15) is 17.6 Å². The summed E-state index contributed by atoms with van der Waals surface area (Å²) >= 11 is 1.05. The molecule has 0 aliphatic heterocycles. The minimum atomic E-state index is -3.71. The van der Waals surface area contributed by atoms with Gasteiger partial charge in [0.2, 0.25) is 0 Å². The lowest BCUT2D eigenvalue weighted by Gasteiger charge is -2.03. The molecule has 21 heavy (non-hydrogen) atoms. The Morgan fingerprint density at radius 3 is 2.67 bits per heavy atom. The monoisotopic (exact) mass is 348 g/mol. The highest BCUT2D eigenvalue weighted by Gasteiger charge is 2.13. The Labute approximate surface area is 129 Å². The molecule has 0 saturated carbocycles. The van der Waals surface area contributed by atoms with E-state index in [1.807, 2.05) is 0 Å². The van der Waals surface area contributed by atoms with Gasteiger partial charge < -0.3 is 5.32 Å². The Balaban J connectivity index is 1.88. The standard InChI is InChI=1S/C12H10ClFN2O3S2/c13-21(18,19)11-4-2-9(20-11)5-6-15-12(17)10-3-1-8(14)7-16-10/h1-4,7H,5-6H2,(H,15,17). The molecule has 0 saturated heterocycles. The minimum absolute atomic E-state index is 0.0747. The van der Waals surface area contributed by atoms with Crippen molar-refractivity contribution in [3.8, 4) is 0 Å². The SMILES string of the molecule is O=C(NCCc1ccc(S(=O)(=O)Cl)s1)c1ccc(F)cn1. The molecule has 0 aromatic carbocycles. The van der Waals surface area contributed by atoms with E-state index in [1.54, 1.807) is 6.07 Å². The number of halogens is 2. The molecule has 1 amide bonds. The van der Waals surface area contributed by atoms with Crippen molar-refractivity contribution in [3.05, 3.63) is 46.9 Å². The number of carbonyl (C=O) groups excluding carboxylic acids is 1. The van der Waals surface area contributed by atoms with Crippen LogP contribution in [-0.4, -0.2) is 25.9 Å². The molecule has 112 valence electrons. The molecule has 2 heterocycles. The molecule has 2 aromatic rings. The van der Waals surface area contributed by atoms with Gasteiger partial charge in [-0.15, -0.1) is 11.3 Å². The second-order valence-electron chi connectivity index (χ2n) is 4.03. The van der Waals surface area contributed by atoms with Crippen LogP contribution in [-0.2, 0) is 15.5 Å². The molecule has 0 fully saturated rings. The molecular weight excluding hydrogens is 339 g/mol. The number of nitrogens with zero attached hydrogens (tertiary/aromatic N) is 1. The highest BCUT2D eigenvalue weighted by atomic mass is 35.7. The van der Waals surface area contributed by atoms with Gasteiger partial charge in [0.15, 0.2) is 0 Å².